The average molecular weight is 741 g/mol. The molecule has 0 aromatic carbocycles. The summed E-state index contributed by atoms with van der Waals surface area (Å²) in [6.45, 7) is 2.08. The molecular weight excluding hydrogens is 664 g/mol. The van der Waals surface area contributed by atoms with E-state index in [0.717, 1.165) is 57.8 Å². The summed E-state index contributed by atoms with van der Waals surface area (Å²) in [4.78, 5) is 15.7. The quantitative estimate of drug-likeness (QED) is 0.0125. The number of aliphatic hydroxyl groups excluding tert-OH is 5. The van der Waals surface area contributed by atoms with Crippen LogP contribution in [0.1, 0.15) is 174 Å². The van der Waals surface area contributed by atoms with Gasteiger partial charge in [-0.05, 0) is 31.2 Å². The van der Waals surface area contributed by atoms with Gasteiger partial charge in [-0.1, -0.05) is 159 Å². The largest absolute Gasteiger partial charge is 0.394 e. The lowest BCUT2D eigenvalue weighted by Crippen LogP contribution is -2.60. The van der Waals surface area contributed by atoms with Crippen LogP contribution in [0.15, 0.2) is 17.3 Å². The van der Waals surface area contributed by atoms with Gasteiger partial charge in [-0.3, -0.25) is 4.79 Å². The van der Waals surface area contributed by atoms with E-state index in [1.807, 2.05) is 6.08 Å². The molecule has 0 saturated carbocycles. The molecule has 1 rings (SSSR count). The topological polar surface area (TPSA) is 197 Å². The fraction of sp³-hybridized carbons (Fsp3) is 0.925. The first-order valence-electron chi connectivity index (χ1n) is 20.9. The van der Waals surface area contributed by atoms with Gasteiger partial charge < -0.3 is 40.3 Å². The summed E-state index contributed by atoms with van der Waals surface area (Å²) in [5.41, 5.74) is 8.29. The summed E-state index contributed by atoms with van der Waals surface area (Å²) in [5, 5.41) is 57.6. The minimum absolute atomic E-state index is 0.196. The smallest absolute Gasteiger partial charge is 0.220 e. The Balaban J connectivity index is 2.38. The first-order chi connectivity index (χ1) is 25.3. The highest BCUT2D eigenvalue weighted by atomic mass is 16.7. The number of hydrogen-bond donors (Lipinski definition) is 6. The number of ether oxygens (including phenoxy) is 2. The summed E-state index contributed by atoms with van der Waals surface area (Å²) in [6, 6.07) is -0.814. The number of rotatable bonds is 35. The molecule has 52 heavy (non-hydrogen) atoms. The van der Waals surface area contributed by atoms with Crippen molar-refractivity contribution in [3.63, 3.8) is 0 Å². The average Bonchev–Trinajstić information content (AvgIpc) is 3.14. The lowest BCUT2D eigenvalue weighted by atomic mass is 9.99. The highest BCUT2D eigenvalue weighted by Gasteiger charge is 2.44. The second-order valence-corrected chi connectivity index (χ2v) is 14.7. The van der Waals surface area contributed by atoms with Gasteiger partial charge in [0.25, 0.3) is 0 Å². The number of amides is 1. The van der Waals surface area contributed by atoms with Crippen LogP contribution in [0.2, 0.25) is 0 Å². The predicted molar refractivity (Wildman–Crippen MR) is 207 cm³/mol. The maximum Gasteiger partial charge on any atom is 0.220 e. The molecule has 0 aliphatic carbocycles. The maximum atomic E-state index is 12.9. The molecular formula is C40H76N4O8. The fourth-order valence-corrected chi connectivity index (χ4v) is 6.66. The van der Waals surface area contributed by atoms with Crippen LogP contribution in [0, 0.1) is 0 Å². The van der Waals surface area contributed by atoms with E-state index < -0.39 is 49.5 Å². The van der Waals surface area contributed by atoms with E-state index in [9.17, 15) is 30.3 Å². The van der Waals surface area contributed by atoms with Crippen molar-refractivity contribution in [3.8, 4) is 0 Å². The number of allylic oxidation sites excluding steroid dienone is 1. The summed E-state index contributed by atoms with van der Waals surface area (Å²) < 4.78 is 11.2. The van der Waals surface area contributed by atoms with Gasteiger partial charge in [0.1, 0.15) is 24.4 Å². The Hall–Kier alpha value is -1.76. The lowest BCUT2D eigenvalue weighted by Gasteiger charge is -2.40. The number of unbranched alkanes of at least 4 members (excludes halogenated alkanes) is 23. The number of nitrogens with zero attached hydrogens (tertiary/aromatic N) is 3. The molecule has 304 valence electrons. The van der Waals surface area contributed by atoms with Gasteiger partial charge in [0.2, 0.25) is 5.91 Å². The van der Waals surface area contributed by atoms with E-state index in [2.05, 4.69) is 22.3 Å². The zero-order chi connectivity index (χ0) is 38.1. The summed E-state index contributed by atoms with van der Waals surface area (Å²) in [6.07, 6.45) is 25.2. The van der Waals surface area contributed by atoms with Crippen molar-refractivity contribution < 1.29 is 39.8 Å². The molecule has 0 bridgehead atoms. The number of carbonyl (C=O) groups is 1. The van der Waals surface area contributed by atoms with Gasteiger partial charge in [-0.15, -0.1) is 0 Å². The van der Waals surface area contributed by atoms with E-state index in [1.54, 1.807) is 6.08 Å². The number of nitrogens with one attached hydrogen (secondary N) is 1. The van der Waals surface area contributed by atoms with Crippen LogP contribution in [0.5, 0.6) is 0 Å². The molecule has 0 aromatic heterocycles. The van der Waals surface area contributed by atoms with E-state index in [-0.39, 0.29) is 12.5 Å². The van der Waals surface area contributed by atoms with Crippen molar-refractivity contribution in [1.82, 2.24) is 5.32 Å². The lowest BCUT2D eigenvalue weighted by molar-refractivity contribution is -0.302. The molecule has 1 aliphatic rings. The monoisotopic (exact) mass is 741 g/mol. The highest BCUT2D eigenvalue weighted by Crippen LogP contribution is 2.22. The molecule has 0 radical (unpaired) electrons. The Kier molecular flexibility index (Phi) is 31.4. The predicted octanol–water partition coefficient (Wildman–Crippen LogP) is 7.68. The molecule has 1 saturated heterocycles. The van der Waals surface area contributed by atoms with Gasteiger partial charge in [0.05, 0.1) is 25.4 Å². The fourth-order valence-electron chi connectivity index (χ4n) is 6.66. The standard InChI is InChI=1S/C40H76N4O8/c1-2-3-4-5-6-7-8-10-13-16-19-22-25-28-34(46)33(32-51-40-39(50)38(49)37(48)35(31-45)52-40)43-36(47)29-26-23-20-17-14-11-9-12-15-18-21-24-27-30-42-44-41/h25,28,33-35,37-40,45-46,48-50H,2-24,26-27,29-32H2,1H3,(H,43,47)/b28-25+/t33-,34+,35+,37-,38-,39+,40+/m0/s1. The second-order valence-electron chi connectivity index (χ2n) is 14.7. The molecule has 0 spiro atoms. The molecule has 12 nitrogen and oxygen atoms in total. The van der Waals surface area contributed by atoms with Gasteiger partial charge in [-0.25, -0.2) is 0 Å². The number of aliphatic hydroxyl groups is 5. The molecule has 1 aliphatic heterocycles. The zero-order valence-electron chi connectivity index (χ0n) is 32.5. The van der Waals surface area contributed by atoms with Gasteiger partial charge >= 0.3 is 0 Å². The molecule has 12 heteroatoms. The molecule has 1 heterocycles. The van der Waals surface area contributed by atoms with Crippen molar-refractivity contribution in [3.05, 3.63) is 22.6 Å². The Morgan fingerprint density at radius 2 is 1.27 bits per heavy atom. The van der Waals surface area contributed by atoms with Gasteiger partial charge in [-0.2, -0.15) is 0 Å². The molecule has 0 unspecified atom stereocenters. The molecule has 1 fully saturated rings. The van der Waals surface area contributed by atoms with Crippen molar-refractivity contribution >= 4 is 5.91 Å². The third kappa shape index (κ3) is 24.5. The van der Waals surface area contributed by atoms with E-state index in [1.165, 1.54) is 103 Å². The summed E-state index contributed by atoms with van der Waals surface area (Å²) >= 11 is 0. The van der Waals surface area contributed by atoms with Crippen molar-refractivity contribution in [2.45, 2.75) is 217 Å². The van der Waals surface area contributed by atoms with Crippen LogP contribution in [0.25, 0.3) is 10.4 Å². The van der Waals surface area contributed by atoms with Crippen molar-refractivity contribution in [2.75, 3.05) is 19.8 Å². The Morgan fingerprint density at radius 3 is 1.79 bits per heavy atom. The number of carbonyl (C=O) groups excluding carboxylic acids is 1. The van der Waals surface area contributed by atoms with Crippen molar-refractivity contribution in [2.24, 2.45) is 5.11 Å². The number of azide groups is 1. The molecule has 6 N–H and O–H groups in total. The van der Waals surface area contributed by atoms with Gasteiger partial charge in [0, 0.05) is 17.9 Å². The Bertz CT molecular complexity index is 920. The molecule has 7 atom stereocenters. The SMILES string of the molecule is CCCCCCCCCCCCC/C=C/[C@@H](O)[C@H](CO[C@@H]1O[C@H](CO)[C@H](O)[C@H](O)[C@H]1O)NC(=O)CCCCCCCCCCCCCCCN=[N+]=[N-]. The first kappa shape index (κ1) is 48.3. The Labute approximate surface area is 314 Å². The normalized spacial score (nSPS) is 21.6. The van der Waals surface area contributed by atoms with Crippen LogP contribution >= 0.6 is 0 Å². The third-order valence-electron chi connectivity index (χ3n) is 10.1. The van der Waals surface area contributed by atoms with Crippen molar-refractivity contribution in [1.29, 1.82) is 0 Å². The van der Waals surface area contributed by atoms with Crippen LogP contribution in [0.4, 0.5) is 0 Å². The minimum Gasteiger partial charge on any atom is -0.394 e. The summed E-state index contributed by atoms with van der Waals surface area (Å²) in [7, 11) is 0. The van der Waals surface area contributed by atoms with Crippen LogP contribution in [0.3, 0.4) is 0 Å². The van der Waals surface area contributed by atoms with Crippen LogP contribution in [-0.4, -0.2) is 94.1 Å². The van der Waals surface area contributed by atoms with Crippen LogP contribution < -0.4 is 5.32 Å². The maximum absolute atomic E-state index is 12.9. The molecule has 1 amide bonds. The minimum atomic E-state index is -1.57. The highest BCUT2D eigenvalue weighted by molar-refractivity contribution is 5.76. The zero-order valence-corrected chi connectivity index (χ0v) is 32.5. The first-order valence-corrected chi connectivity index (χ1v) is 20.9. The van der Waals surface area contributed by atoms with E-state index >= 15 is 0 Å². The summed E-state index contributed by atoms with van der Waals surface area (Å²) in [5.74, 6) is -0.196. The number of hydrogen-bond acceptors (Lipinski definition) is 9. The van der Waals surface area contributed by atoms with Crippen LogP contribution in [-0.2, 0) is 14.3 Å². The van der Waals surface area contributed by atoms with E-state index in [4.69, 9.17) is 15.0 Å². The Morgan fingerprint density at radius 1 is 0.769 bits per heavy atom. The second kappa shape index (κ2) is 33.8. The molecule has 0 aromatic rings. The van der Waals surface area contributed by atoms with E-state index in [0.29, 0.717) is 13.0 Å². The van der Waals surface area contributed by atoms with Gasteiger partial charge in [0.15, 0.2) is 6.29 Å². The third-order valence-corrected chi connectivity index (χ3v) is 10.1.